The van der Waals surface area contributed by atoms with E-state index < -0.39 is 17.9 Å². The molecule has 0 radical (unpaired) electrons. The van der Waals surface area contributed by atoms with E-state index in [4.69, 9.17) is 9.47 Å². The highest BCUT2D eigenvalue weighted by Gasteiger charge is 2.19. The molecule has 0 heterocycles. The molecule has 0 aromatic heterocycles. The van der Waals surface area contributed by atoms with Crippen molar-refractivity contribution >= 4 is 11.9 Å². The van der Waals surface area contributed by atoms with Crippen LogP contribution in [0.1, 0.15) is 19.4 Å². The number of amides is 1. The molecule has 0 saturated carbocycles. The van der Waals surface area contributed by atoms with Crippen LogP contribution in [0.3, 0.4) is 0 Å². The van der Waals surface area contributed by atoms with Crippen molar-refractivity contribution in [2.75, 3.05) is 20.2 Å². The summed E-state index contributed by atoms with van der Waals surface area (Å²) in [5.74, 6) is -0.202. The first-order valence-electron chi connectivity index (χ1n) is 6.19. The van der Waals surface area contributed by atoms with E-state index in [2.05, 4.69) is 0 Å². The summed E-state index contributed by atoms with van der Waals surface area (Å²) in [6.45, 7) is 4.26. The minimum atomic E-state index is -2.05. The average Bonchev–Trinajstić information content (AvgIpc) is 2.46. The topological polar surface area (TPSA) is 38.8 Å². The van der Waals surface area contributed by atoms with Gasteiger partial charge in [0.05, 0.1) is 7.11 Å². The largest absolute Gasteiger partial charge is 0.497 e. The maximum atomic E-state index is 13.0. The lowest BCUT2D eigenvalue weighted by molar-refractivity contribution is 0.145. The zero-order valence-electron chi connectivity index (χ0n) is 11.7. The second-order valence-electron chi connectivity index (χ2n) is 3.86. The van der Waals surface area contributed by atoms with Crippen molar-refractivity contribution in [3.8, 4) is 5.75 Å². The van der Waals surface area contributed by atoms with E-state index in [-0.39, 0.29) is 5.56 Å². The van der Waals surface area contributed by atoms with E-state index in [0.717, 1.165) is 0 Å². The van der Waals surface area contributed by atoms with Crippen molar-refractivity contribution in [1.82, 2.24) is 4.90 Å². The summed E-state index contributed by atoms with van der Waals surface area (Å²) in [7, 11) is 1.47. The Kier molecular flexibility index (Phi) is 5.96. The number of methoxy groups -OCH3 is 1. The van der Waals surface area contributed by atoms with Gasteiger partial charge in [0.25, 0.3) is 0 Å². The fourth-order valence-electron chi connectivity index (χ4n) is 1.58. The van der Waals surface area contributed by atoms with Crippen molar-refractivity contribution in [2.24, 2.45) is 0 Å². The number of halogens is 2. The van der Waals surface area contributed by atoms with Crippen LogP contribution < -0.4 is 4.74 Å². The van der Waals surface area contributed by atoms with Gasteiger partial charge in [-0.05, 0) is 38.1 Å². The molecule has 1 aromatic rings. The molecule has 6 heteroatoms. The van der Waals surface area contributed by atoms with Crippen molar-refractivity contribution in [3.63, 3.8) is 0 Å². The number of carbonyl (C=O) groups is 1. The van der Waals surface area contributed by atoms with Gasteiger partial charge in [-0.3, -0.25) is 0 Å². The van der Waals surface area contributed by atoms with E-state index in [9.17, 15) is 13.6 Å². The number of hydrogen-bond acceptors (Lipinski definition) is 3. The number of hydrogen-bond donors (Lipinski definition) is 0. The van der Waals surface area contributed by atoms with Gasteiger partial charge in [0, 0.05) is 18.7 Å². The molecule has 1 aromatic carbocycles. The van der Waals surface area contributed by atoms with Gasteiger partial charge < -0.3 is 14.4 Å². The van der Waals surface area contributed by atoms with Gasteiger partial charge in [0.2, 0.25) is 5.76 Å². The van der Waals surface area contributed by atoms with Gasteiger partial charge in [-0.15, -0.1) is 0 Å². The maximum absolute atomic E-state index is 13.0. The van der Waals surface area contributed by atoms with Crippen LogP contribution in [0.25, 0.3) is 5.76 Å². The molecule has 0 spiro atoms. The third kappa shape index (κ3) is 3.94. The summed E-state index contributed by atoms with van der Waals surface area (Å²) >= 11 is 0. The van der Waals surface area contributed by atoms with Crippen LogP contribution in [0, 0.1) is 0 Å². The fourth-order valence-corrected chi connectivity index (χ4v) is 1.58. The standard InChI is InChI=1S/C14H17F2NO3/c1-4-17(5-2)14(18)20-12(13(15)16)10-6-8-11(19-3)9-7-10/h6-9H,4-5H2,1-3H3. The number of benzene rings is 1. The van der Waals surface area contributed by atoms with E-state index >= 15 is 0 Å². The highest BCUT2D eigenvalue weighted by atomic mass is 19.3. The number of rotatable bonds is 5. The molecule has 20 heavy (non-hydrogen) atoms. The normalized spacial score (nSPS) is 9.85. The molecule has 0 atom stereocenters. The fraction of sp³-hybridized carbons (Fsp3) is 0.357. The first-order valence-corrected chi connectivity index (χ1v) is 6.19. The van der Waals surface area contributed by atoms with Crippen molar-refractivity contribution in [1.29, 1.82) is 0 Å². The summed E-state index contributed by atoms with van der Waals surface area (Å²) in [5.41, 5.74) is 0.117. The summed E-state index contributed by atoms with van der Waals surface area (Å²) < 4.78 is 35.6. The lowest BCUT2D eigenvalue weighted by atomic mass is 10.2. The predicted molar refractivity (Wildman–Crippen MR) is 71.5 cm³/mol. The van der Waals surface area contributed by atoms with Gasteiger partial charge in [0.15, 0.2) is 0 Å². The Labute approximate surface area is 116 Å². The van der Waals surface area contributed by atoms with Crippen LogP contribution in [0.5, 0.6) is 5.75 Å². The number of nitrogens with zero attached hydrogens (tertiary/aromatic N) is 1. The molecule has 4 nitrogen and oxygen atoms in total. The van der Waals surface area contributed by atoms with Crippen LogP contribution in [-0.2, 0) is 4.74 Å². The molecule has 1 rings (SSSR count). The van der Waals surface area contributed by atoms with Crippen molar-refractivity contribution in [3.05, 3.63) is 35.9 Å². The molecule has 110 valence electrons. The second-order valence-corrected chi connectivity index (χ2v) is 3.86. The lowest BCUT2D eigenvalue weighted by Crippen LogP contribution is -2.30. The minimum absolute atomic E-state index is 0.117. The molecule has 0 bridgehead atoms. The van der Waals surface area contributed by atoms with Crippen LogP contribution in [0.15, 0.2) is 30.3 Å². The molecular formula is C14H17F2NO3. The number of ether oxygens (including phenoxy) is 2. The van der Waals surface area contributed by atoms with Crippen molar-refractivity contribution in [2.45, 2.75) is 13.8 Å². The SMILES string of the molecule is CCN(CC)C(=O)OC(=C(F)F)c1ccc(OC)cc1. The molecule has 0 saturated heterocycles. The third-order valence-corrected chi connectivity index (χ3v) is 2.73. The molecule has 1 amide bonds. The minimum Gasteiger partial charge on any atom is -0.497 e. The summed E-state index contributed by atoms with van der Waals surface area (Å²) in [6.07, 6.45) is -2.84. The van der Waals surface area contributed by atoms with E-state index in [1.54, 1.807) is 13.8 Å². The molecule has 0 aliphatic heterocycles. The first-order chi connectivity index (χ1) is 9.53. The smallest absolute Gasteiger partial charge is 0.415 e. The molecule has 0 aliphatic rings. The third-order valence-electron chi connectivity index (χ3n) is 2.73. The monoisotopic (exact) mass is 285 g/mol. The van der Waals surface area contributed by atoms with Gasteiger partial charge in [0.1, 0.15) is 5.75 Å². The average molecular weight is 285 g/mol. The molecule has 0 aliphatic carbocycles. The predicted octanol–water partition coefficient (Wildman–Crippen LogP) is 3.74. The molecule has 0 N–H and O–H groups in total. The quantitative estimate of drug-likeness (QED) is 0.774. The van der Waals surface area contributed by atoms with E-state index in [1.165, 1.54) is 36.3 Å². The van der Waals surface area contributed by atoms with Crippen LogP contribution in [-0.4, -0.2) is 31.2 Å². The number of carbonyl (C=O) groups excluding carboxylic acids is 1. The molecular weight excluding hydrogens is 268 g/mol. The zero-order chi connectivity index (χ0) is 15.1. The zero-order valence-corrected chi connectivity index (χ0v) is 11.7. The highest BCUT2D eigenvalue weighted by molar-refractivity contribution is 5.77. The van der Waals surface area contributed by atoms with Gasteiger partial charge in [-0.25, -0.2) is 4.79 Å². The Morgan fingerprint density at radius 2 is 1.70 bits per heavy atom. The van der Waals surface area contributed by atoms with Crippen molar-refractivity contribution < 1.29 is 23.0 Å². The molecule has 0 unspecified atom stereocenters. The highest BCUT2D eigenvalue weighted by Crippen LogP contribution is 2.25. The Bertz CT molecular complexity index is 478. The van der Waals surface area contributed by atoms with Gasteiger partial charge >= 0.3 is 12.2 Å². The van der Waals surface area contributed by atoms with E-state index in [0.29, 0.717) is 18.8 Å². The summed E-state index contributed by atoms with van der Waals surface area (Å²) in [4.78, 5) is 13.0. The lowest BCUT2D eigenvalue weighted by Gasteiger charge is -2.18. The van der Waals surface area contributed by atoms with Crippen LogP contribution in [0.2, 0.25) is 0 Å². The summed E-state index contributed by atoms with van der Waals surface area (Å²) in [6, 6.07) is 5.85. The molecule has 0 fully saturated rings. The second kappa shape index (κ2) is 7.47. The Morgan fingerprint density at radius 1 is 1.15 bits per heavy atom. The maximum Gasteiger partial charge on any atom is 0.415 e. The van der Waals surface area contributed by atoms with E-state index in [1.807, 2.05) is 0 Å². The Balaban J connectivity index is 2.96. The van der Waals surface area contributed by atoms with Crippen LogP contribution in [0.4, 0.5) is 13.6 Å². The van der Waals surface area contributed by atoms with Gasteiger partial charge in [-0.1, -0.05) is 0 Å². The Hall–Kier alpha value is -2.11. The Morgan fingerprint density at radius 3 is 2.10 bits per heavy atom. The van der Waals surface area contributed by atoms with Crippen LogP contribution >= 0.6 is 0 Å². The first kappa shape index (κ1) is 15.9. The summed E-state index contributed by atoms with van der Waals surface area (Å²) in [5, 5.41) is 0. The van der Waals surface area contributed by atoms with Gasteiger partial charge in [-0.2, -0.15) is 8.78 Å².